The van der Waals surface area contributed by atoms with Crippen LogP contribution in [0.15, 0.2) is 22.8 Å². The molecule has 2 aromatic rings. The van der Waals surface area contributed by atoms with Crippen molar-refractivity contribution in [2.75, 3.05) is 13.2 Å². The van der Waals surface area contributed by atoms with Gasteiger partial charge in [0.15, 0.2) is 5.76 Å². The van der Waals surface area contributed by atoms with E-state index in [4.69, 9.17) is 9.52 Å². The first-order valence-corrected chi connectivity index (χ1v) is 5.57. The number of aromatic nitrogens is 4. The number of aliphatic hydroxyl groups excluding tert-OH is 1. The Balaban J connectivity index is 1.89. The molecule has 0 saturated heterocycles. The summed E-state index contributed by atoms with van der Waals surface area (Å²) in [7, 11) is 0. The summed E-state index contributed by atoms with van der Waals surface area (Å²) in [6.07, 6.45) is 1.43. The second-order valence-electron chi connectivity index (χ2n) is 3.91. The van der Waals surface area contributed by atoms with Crippen molar-refractivity contribution in [2.45, 2.75) is 12.5 Å². The van der Waals surface area contributed by atoms with E-state index in [0.29, 0.717) is 5.76 Å². The average Bonchev–Trinajstić information content (AvgIpc) is 3.07. The molecular formula is C10H11F2N5O3. The van der Waals surface area contributed by atoms with E-state index < -0.39 is 25.0 Å². The molecule has 1 amide bonds. The molecule has 2 rings (SSSR count). The molecular weight excluding hydrogens is 276 g/mol. The zero-order valence-electron chi connectivity index (χ0n) is 10.2. The normalized spacial score (nSPS) is 11.6. The average molecular weight is 287 g/mol. The number of hydrogen-bond acceptors (Lipinski definition) is 6. The summed E-state index contributed by atoms with van der Waals surface area (Å²) >= 11 is 0. The molecule has 108 valence electrons. The van der Waals surface area contributed by atoms with Gasteiger partial charge < -0.3 is 14.8 Å². The molecule has 0 bridgehead atoms. The monoisotopic (exact) mass is 287 g/mol. The maximum Gasteiger partial charge on any atom is 0.287 e. The third kappa shape index (κ3) is 3.57. The van der Waals surface area contributed by atoms with Crippen molar-refractivity contribution in [3.05, 3.63) is 18.4 Å². The van der Waals surface area contributed by atoms with E-state index in [9.17, 15) is 13.6 Å². The van der Waals surface area contributed by atoms with Gasteiger partial charge >= 0.3 is 0 Å². The molecule has 0 spiro atoms. The van der Waals surface area contributed by atoms with Gasteiger partial charge in [-0.2, -0.15) is 4.80 Å². The van der Waals surface area contributed by atoms with Crippen LogP contribution in [0.5, 0.6) is 0 Å². The summed E-state index contributed by atoms with van der Waals surface area (Å²) in [6, 6.07) is 3.25. The number of carbonyl (C=O) groups excluding carboxylic acids is 1. The number of amides is 1. The van der Waals surface area contributed by atoms with Crippen molar-refractivity contribution in [2.24, 2.45) is 0 Å². The van der Waals surface area contributed by atoms with Gasteiger partial charge in [-0.05, 0) is 17.3 Å². The van der Waals surface area contributed by atoms with Crippen molar-refractivity contribution in [1.29, 1.82) is 0 Å². The van der Waals surface area contributed by atoms with E-state index in [0.717, 1.165) is 4.80 Å². The lowest BCUT2D eigenvalue weighted by molar-refractivity contribution is -0.125. The predicted octanol–water partition coefficient (Wildman–Crippen LogP) is -0.323. The standard InChI is InChI=1S/C10H11F2N5O3/c11-10(12,6-18)5-13-8(19)4-17-15-9(14-16-17)7-2-1-3-20-7/h1-3,18H,4-6H2,(H,13,19). The lowest BCUT2D eigenvalue weighted by Gasteiger charge is -2.13. The van der Waals surface area contributed by atoms with Gasteiger partial charge in [-0.15, -0.1) is 10.2 Å². The first kappa shape index (κ1) is 14.1. The number of rotatable bonds is 6. The number of carbonyl (C=O) groups is 1. The molecule has 0 fully saturated rings. The van der Waals surface area contributed by atoms with Crippen LogP contribution in [0.25, 0.3) is 11.6 Å². The summed E-state index contributed by atoms with van der Waals surface area (Å²) in [6.45, 7) is -2.66. The van der Waals surface area contributed by atoms with E-state index in [2.05, 4.69) is 15.4 Å². The summed E-state index contributed by atoms with van der Waals surface area (Å²) in [4.78, 5) is 12.3. The van der Waals surface area contributed by atoms with E-state index >= 15 is 0 Å². The summed E-state index contributed by atoms with van der Waals surface area (Å²) < 4.78 is 30.5. The van der Waals surface area contributed by atoms with Crippen LogP contribution < -0.4 is 5.32 Å². The van der Waals surface area contributed by atoms with Gasteiger partial charge in [0.1, 0.15) is 13.2 Å². The van der Waals surface area contributed by atoms with Crippen LogP contribution in [0.4, 0.5) is 8.78 Å². The highest BCUT2D eigenvalue weighted by Gasteiger charge is 2.28. The van der Waals surface area contributed by atoms with E-state index in [1.165, 1.54) is 6.26 Å². The zero-order valence-corrected chi connectivity index (χ0v) is 10.2. The Hall–Kier alpha value is -2.36. The van der Waals surface area contributed by atoms with Gasteiger partial charge in [0.25, 0.3) is 5.92 Å². The maximum atomic E-state index is 12.7. The Morgan fingerprint density at radius 3 is 3.00 bits per heavy atom. The molecule has 2 N–H and O–H groups in total. The second-order valence-corrected chi connectivity index (χ2v) is 3.91. The Kier molecular flexibility index (Phi) is 4.03. The van der Waals surface area contributed by atoms with Crippen molar-refractivity contribution >= 4 is 5.91 Å². The SMILES string of the molecule is O=C(Cn1nnc(-c2ccco2)n1)NCC(F)(F)CO. The fourth-order valence-corrected chi connectivity index (χ4v) is 1.28. The highest BCUT2D eigenvalue weighted by molar-refractivity contribution is 5.75. The third-order valence-electron chi connectivity index (χ3n) is 2.25. The van der Waals surface area contributed by atoms with E-state index in [-0.39, 0.29) is 12.4 Å². The minimum atomic E-state index is -3.36. The van der Waals surface area contributed by atoms with Gasteiger partial charge in [-0.1, -0.05) is 0 Å². The van der Waals surface area contributed by atoms with Gasteiger partial charge in [0, 0.05) is 0 Å². The largest absolute Gasteiger partial charge is 0.461 e. The molecule has 0 radical (unpaired) electrons. The molecule has 0 saturated carbocycles. The van der Waals surface area contributed by atoms with Crippen molar-refractivity contribution in [1.82, 2.24) is 25.5 Å². The van der Waals surface area contributed by atoms with Crippen molar-refractivity contribution in [3.63, 3.8) is 0 Å². The Labute approximate surface area is 111 Å². The lowest BCUT2D eigenvalue weighted by atomic mass is 10.3. The van der Waals surface area contributed by atoms with Gasteiger partial charge in [-0.25, -0.2) is 8.78 Å². The van der Waals surface area contributed by atoms with Crippen LogP contribution >= 0.6 is 0 Å². The molecule has 10 heteroatoms. The third-order valence-corrected chi connectivity index (χ3v) is 2.25. The number of halogens is 2. The second kappa shape index (κ2) is 5.74. The predicted molar refractivity (Wildman–Crippen MR) is 60.6 cm³/mol. The van der Waals surface area contributed by atoms with Crippen LogP contribution in [-0.2, 0) is 11.3 Å². The molecule has 8 nitrogen and oxygen atoms in total. The molecule has 2 aromatic heterocycles. The Morgan fingerprint density at radius 1 is 1.55 bits per heavy atom. The minimum absolute atomic E-state index is 0.184. The zero-order chi connectivity index (χ0) is 14.6. The van der Waals surface area contributed by atoms with Crippen LogP contribution in [0.1, 0.15) is 0 Å². The first-order valence-electron chi connectivity index (χ1n) is 5.57. The Morgan fingerprint density at radius 2 is 2.35 bits per heavy atom. The van der Waals surface area contributed by atoms with Gasteiger partial charge in [-0.3, -0.25) is 4.79 Å². The lowest BCUT2D eigenvalue weighted by Crippen LogP contribution is -2.40. The fourth-order valence-electron chi connectivity index (χ4n) is 1.28. The topological polar surface area (TPSA) is 106 Å². The number of hydrogen-bond donors (Lipinski definition) is 2. The number of alkyl halides is 2. The number of nitrogens with one attached hydrogen (secondary N) is 1. The number of tetrazole rings is 1. The molecule has 0 atom stereocenters. The number of aliphatic hydroxyl groups is 1. The highest BCUT2D eigenvalue weighted by Crippen LogP contribution is 2.13. The van der Waals surface area contributed by atoms with Crippen LogP contribution in [0, 0.1) is 0 Å². The van der Waals surface area contributed by atoms with Crippen LogP contribution in [-0.4, -0.2) is 50.3 Å². The molecule has 0 aliphatic heterocycles. The molecule has 0 aliphatic rings. The molecule has 0 aromatic carbocycles. The summed E-state index contributed by atoms with van der Waals surface area (Å²) in [5.41, 5.74) is 0. The maximum absolute atomic E-state index is 12.7. The van der Waals surface area contributed by atoms with E-state index in [1.54, 1.807) is 12.1 Å². The molecule has 0 unspecified atom stereocenters. The summed E-state index contributed by atoms with van der Waals surface area (Å²) in [5.74, 6) is -3.52. The van der Waals surface area contributed by atoms with Gasteiger partial charge in [0.2, 0.25) is 11.7 Å². The van der Waals surface area contributed by atoms with Crippen LogP contribution in [0.2, 0.25) is 0 Å². The molecule has 20 heavy (non-hydrogen) atoms. The summed E-state index contributed by atoms with van der Waals surface area (Å²) in [5, 5.41) is 21.4. The van der Waals surface area contributed by atoms with Crippen LogP contribution in [0.3, 0.4) is 0 Å². The Bertz CT molecular complexity index is 569. The number of nitrogens with zero attached hydrogens (tertiary/aromatic N) is 4. The van der Waals surface area contributed by atoms with Crippen molar-refractivity contribution < 1.29 is 23.1 Å². The minimum Gasteiger partial charge on any atom is -0.461 e. The number of furan rings is 1. The molecule has 0 aliphatic carbocycles. The van der Waals surface area contributed by atoms with Gasteiger partial charge in [0.05, 0.1) is 12.8 Å². The first-order chi connectivity index (χ1) is 9.50. The van der Waals surface area contributed by atoms with Crippen molar-refractivity contribution in [3.8, 4) is 11.6 Å². The smallest absolute Gasteiger partial charge is 0.287 e. The fraction of sp³-hybridized carbons (Fsp3) is 0.400. The molecule has 2 heterocycles. The van der Waals surface area contributed by atoms with E-state index in [1.807, 2.05) is 5.32 Å². The quantitative estimate of drug-likeness (QED) is 0.754. The highest BCUT2D eigenvalue weighted by atomic mass is 19.3.